The highest BCUT2D eigenvalue weighted by Gasteiger charge is 2.14. The van der Waals surface area contributed by atoms with Crippen molar-refractivity contribution in [3.05, 3.63) is 65.4 Å². The Bertz CT molecular complexity index is 887. The van der Waals surface area contributed by atoms with Crippen molar-refractivity contribution in [2.45, 2.75) is 6.92 Å². The largest absolute Gasteiger partial charge is 0.378 e. The van der Waals surface area contributed by atoms with Crippen LogP contribution in [0.25, 0.3) is 6.08 Å². The van der Waals surface area contributed by atoms with E-state index >= 15 is 0 Å². The number of rotatable bonds is 6. The second kappa shape index (κ2) is 9.33. The number of benzene rings is 2. The summed E-state index contributed by atoms with van der Waals surface area (Å²) < 4.78 is 0. The number of nitrogens with two attached hydrogens (primary N) is 1. The van der Waals surface area contributed by atoms with Gasteiger partial charge in [-0.2, -0.15) is 0 Å². The molecule has 0 aromatic heterocycles. The van der Waals surface area contributed by atoms with Crippen LogP contribution in [0.2, 0.25) is 0 Å². The lowest BCUT2D eigenvalue weighted by atomic mass is 10.1. The third-order valence-corrected chi connectivity index (χ3v) is 3.81. The summed E-state index contributed by atoms with van der Waals surface area (Å²) in [5, 5.41) is 5.18. The average Bonchev–Trinajstić information content (AvgIpc) is 2.67. The minimum absolute atomic E-state index is 0.0102. The molecule has 0 aliphatic heterocycles. The van der Waals surface area contributed by atoms with Gasteiger partial charge >= 0.3 is 0 Å². The SMILES string of the molecule is CC(=O)Nc1ccc(C(=O)N/C(=C/c2ccc(N(C)C)cc2)C(=O)NN)cc1. The number of hydrogen-bond acceptors (Lipinski definition) is 5. The monoisotopic (exact) mass is 381 g/mol. The molecular weight excluding hydrogens is 358 g/mol. The fourth-order valence-electron chi connectivity index (χ4n) is 2.37. The minimum Gasteiger partial charge on any atom is -0.378 e. The molecule has 0 unspecified atom stereocenters. The molecule has 0 radical (unpaired) electrons. The molecule has 8 nitrogen and oxygen atoms in total. The molecule has 28 heavy (non-hydrogen) atoms. The van der Waals surface area contributed by atoms with Crippen LogP contribution in [0.15, 0.2) is 54.2 Å². The number of nitrogens with zero attached hydrogens (tertiary/aromatic N) is 1. The molecule has 2 aromatic carbocycles. The second-order valence-corrected chi connectivity index (χ2v) is 6.23. The molecule has 0 spiro atoms. The van der Waals surface area contributed by atoms with E-state index in [1.807, 2.05) is 48.7 Å². The van der Waals surface area contributed by atoms with Crippen LogP contribution in [-0.2, 0) is 9.59 Å². The summed E-state index contributed by atoms with van der Waals surface area (Å²) >= 11 is 0. The lowest BCUT2D eigenvalue weighted by Crippen LogP contribution is -2.38. The number of hydrogen-bond donors (Lipinski definition) is 4. The van der Waals surface area contributed by atoms with Gasteiger partial charge in [0, 0.05) is 38.0 Å². The summed E-state index contributed by atoms with van der Waals surface area (Å²) in [6, 6.07) is 13.7. The molecule has 8 heteroatoms. The molecule has 0 heterocycles. The maximum Gasteiger partial charge on any atom is 0.281 e. The molecule has 2 aromatic rings. The van der Waals surface area contributed by atoms with Gasteiger partial charge in [-0.3, -0.25) is 19.8 Å². The van der Waals surface area contributed by atoms with E-state index in [4.69, 9.17) is 5.84 Å². The van der Waals surface area contributed by atoms with Crippen molar-refractivity contribution >= 4 is 35.2 Å². The zero-order valence-electron chi connectivity index (χ0n) is 15.9. The van der Waals surface area contributed by atoms with E-state index in [0.717, 1.165) is 11.3 Å². The first-order chi connectivity index (χ1) is 13.3. The highest BCUT2D eigenvalue weighted by atomic mass is 16.2. The Morgan fingerprint density at radius 2 is 1.57 bits per heavy atom. The van der Waals surface area contributed by atoms with Crippen LogP contribution in [0, 0.1) is 0 Å². The summed E-state index contributed by atoms with van der Waals surface area (Å²) in [6.45, 7) is 1.40. The summed E-state index contributed by atoms with van der Waals surface area (Å²) in [5.74, 6) is 3.92. The zero-order chi connectivity index (χ0) is 20.7. The third-order valence-electron chi connectivity index (χ3n) is 3.81. The van der Waals surface area contributed by atoms with Gasteiger partial charge in [0.1, 0.15) is 5.70 Å². The Labute approximate surface area is 163 Å². The number of hydrazine groups is 1. The molecule has 0 aliphatic carbocycles. The van der Waals surface area contributed by atoms with Crippen LogP contribution in [-0.4, -0.2) is 31.8 Å². The second-order valence-electron chi connectivity index (χ2n) is 6.23. The van der Waals surface area contributed by atoms with Gasteiger partial charge in [0.2, 0.25) is 5.91 Å². The van der Waals surface area contributed by atoms with Gasteiger partial charge in [-0.1, -0.05) is 12.1 Å². The summed E-state index contributed by atoms with van der Waals surface area (Å²) in [7, 11) is 3.85. The molecule has 146 valence electrons. The summed E-state index contributed by atoms with van der Waals surface area (Å²) in [5.41, 5.74) is 4.66. The molecule has 2 rings (SSSR count). The molecule has 0 fully saturated rings. The Morgan fingerprint density at radius 1 is 0.964 bits per heavy atom. The predicted molar refractivity (Wildman–Crippen MR) is 109 cm³/mol. The average molecular weight is 381 g/mol. The lowest BCUT2D eigenvalue weighted by molar-refractivity contribution is -0.117. The van der Waals surface area contributed by atoms with Crippen molar-refractivity contribution in [3.63, 3.8) is 0 Å². The van der Waals surface area contributed by atoms with E-state index in [2.05, 4.69) is 10.6 Å². The standard InChI is InChI=1S/C20H23N5O3/c1-13(26)22-16-8-6-15(7-9-16)19(27)23-18(20(28)24-21)12-14-4-10-17(11-5-14)25(2)3/h4-12H,21H2,1-3H3,(H,22,26)(H,23,27)(H,24,28)/b18-12+. The topological polar surface area (TPSA) is 117 Å². The molecule has 5 N–H and O–H groups in total. The van der Waals surface area contributed by atoms with Crippen molar-refractivity contribution in [3.8, 4) is 0 Å². The van der Waals surface area contributed by atoms with Crippen LogP contribution >= 0.6 is 0 Å². The summed E-state index contributed by atoms with van der Waals surface area (Å²) in [6.07, 6.45) is 1.53. The van der Waals surface area contributed by atoms with Crippen LogP contribution in [0.3, 0.4) is 0 Å². The van der Waals surface area contributed by atoms with Crippen molar-refractivity contribution < 1.29 is 14.4 Å². The fraction of sp³-hybridized carbons (Fsp3) is 0.150. The van der Waals surface area contributed by atoms with Gasteiger partial charge in [0.25, 0.3) is 11.8 Å². The molecule has 0 saturated carbocycles. The normalized spacial score (nSPS) is 10.8. The number of carbonyl (C=O) groups excluding carboxylic acids is 3. The fourth-order valence-corrected chi connectivity index (χ4v) is 2.37. The van der Waals surface area contributed by atoms with E-state index in [0.29, 0.717) is 11.3 Å². The van der Waals surface area contributed by atoms with Gasteiger partial charge in [-0.15, -0.1) is 0 Å². The van der Waals surface area contributed by atoms with E-state index in [1.54, 1.807) is 24.3 Å². The Kier molecular flexibility index (Phi) is 6.89. The first kappa shape index (κ1) is 20.7. The molecule has 0 atom stereocenters. The predicted octanol–water partition coefficient (Wildman–Crippen LogP) is 1.47. The van der Waals surface area contributed by atoms with E-state index in [-0.39, 0.29) is 11.6 Å². The van der Waals surface area contributed by atoms with Crippen molar-refractivity contribution in [1.29, 1.82) is 0 Å². The number of amides is 3. The quantitative estimate of drug-likeness (QED) is 0.262. The van der Waals surface area contributed by atoms with E-state index in [1.165, 1.54) is 13.0 Å². The smallest absolute Gasteiger partial charge is 0.281 e. The van der Waals surface area contributed by atoms with Crippen molar-refractivity contribution in [2.75, 3.05) is 24.3 Å². The van der Waals surface area contributed by atoms with Gasteiger partial charge in [-0.25, -0.2) is 5.84 Å². The molecule has 0 saturated heterocycles. The highest BCUT2D eigenvalue weighted by molar-refractivity contribution is 6.05. The highest BCUT2D eigenvalue weighted by Crippen LogP contribution is 2.15. The molecule has 0 aliphatic rings. The lowest BCUT2D eigenvalue weighted by Gasteiger charge is -2.13. The number of nitrogens with one attached hydrogen (secondary N) is 3. The first-order valence-electron chi connectivity index (χ1n) is 8.49. The zero-order valence-corrected chi connectivity index (χ0v) is 15.9. The van der Waals surface area contributed by atoms with E-state index < -0.39 is 11.8 Å². The van der Waals surface area contributed by atoms with Gasteiger partial charge < -0.3 is 15.5 Å². The first-order valence-corrected chi connectivity index (χ1v) is 8.49. The Hall–Kier alpha value is -3.65. The molecular formula is C20H23N5O3. The maximum atomic E-state index is 12.5. The molecule has 3 amide bonds. The van der Waals surface area contributed by atoms with Crippen LogP contribution in [0.5, 0.6) is 0 Å². The van der Waals surface area contributed by atoms with Crippen LogP contribution < -0.4 is 26.8 Å². The Balaban J connectivity index is 2.20. The van der Waals surface area contributed by atoms with Crippen LogP contribution in [0.4, 0.5) is 11.4 Å². The van der Waals surface area contributed by atoms with Crippen LogP contribution in [0.1, 0.15) is 22.8 Å². The molecule has 0 bridgehead atoms. The van der Waals surface area contributed by atoms with Gasteiger partial charge in [0.15, 0.2) is 0 Å². The van der Waals surface area contributed by atoms with E-state index in [9.17, 15) is 14.4 Å². The minimum atomic E-state index is -0.625. The van der Waals surface area contributed by atoms with Crippen molar-refractivity contribution in [2.24, 2.45) is 5.84 Å². The Morgan fingerprint density at radius 3 is 2.07 bits per heavy atom. The van der Waals surface area contributed by atoms with Crippen molar-refractivity contribution in [1.82, 2.24) is 10.7 Å². The van der Waals surface area contributed by atoms with Gasteiger partial charge in [0.05, 0.1) is 0 Å². The summed E-state index contributed by atoms with van der Waals surface area (Å²) in [4.78, 5) is 37.5. The number of anilines is 2. The van der Waals surface area contributed by atoms with Gasteiger partial charge in [-0.05, 0) is 48.0 Å². The maximum absolute atomic E-state index is 12.5. The third kappa shape index (κ3) is 5.68. The number of carbonyl (C=O) groups is 3.